The first-order valence-corrected chi connectivity index (χ1v) is 10.1. The topological polar surface area (TPSA) is 69.7 Å². The van der Waals surface area contributed by atoms with Crippen molar-refractivity contribution in [2.45, 2.75) is 19.3 Å². The number of hydrogen-bond donors (Lipinski definition) is 1. The Labute approximate surface area is 170 Å². The average Bonchev–Trinajstić information content (AvgIpc) is 2.77. The molecule has 0 saturated carbocycles. The smallest absolute Gasteiger partial charge is 0.253 e. The van der Waals surface area contributed by atoms with E-state index in [9.17, 15) is 14.4 Å². The van der Waals surface area contributed by atoms with Crippen molar-refractivity contribution in [3.8, 4) is 0 Å². The van der Waals surface area contributed by atoms with Crippen LogP contribution in [0.2, 0.25) is 0 Å². The van der Waals surface area contributed by atoms with E-state index < -0.39 is 0 Å². The average molecular weight is 391 g/mol. The number of benzene rings is 2. The standard InChI is InChI=1S/C23H25N3O3/c27-21(11-10-19-16-18-8-4-5-9-20(18)24-22(19)28)25-12-14-26(15-13-25)23(29)17-6-2-1-3-7-17/h1-9,19H,10-16H2,(H,24,28). The Bertz CT molecular complexity index is 905. The molecule has 0 spiro atoms. The summed E-state index contributed by atoms with van der Waals surface area (Å²) in [5.41, 5.74) is 2.67. The zero-order chi connectivity index (χ0) is 20.2. The van der Waals surface area contributed by atoms with Gasteiger partial charge in [0, 0.05) is 49.8 Å². The van der Waals surface area contributed by atoms with Crippen LogP contribution in [0.1, 0.15) is 28.8 Å². The molecule has 2 aliphatic heterocycles. The maximum atomic E-state index is 12.6. The Balaban J connectivity index is 1.26. The van der Waals surface area contributed by atoms with E-state index in [0.29, 0.717) is 51.0 Å². The van der Waals surface area contributed by atoms with Crippen LogP contribution in [0.15, 0.2) is 54.6 Å². The minimum Gasteiger partial charge on any atom is -0.339 e. The minimum atomic E-state index is -0.171. The third-order valence-electron chi connectivity index (χ3n) is 5.76. The molecule has 0 aromatic heterocycles. The molecule has 1 saturated heterocycles. The van der Waals surface area contributed by atoms with E-state index in [1.54, 1.807) is 4.90 Å². The fourth-order valence-corrected chi connectivity index (χ4v) is 4.02. The second-order valence-electron chi connectivity index (χ2n) is 7.63. The third kappa shape index (κ3) is 4.31. The van der Waals surface area contributed by atoms with Gasteiger partial charge in [0.15, 0.2) is 0 Å². The van der Waals surface area contributed by atoms with Crippen LogP contribution in [0.4, 0.5) is 5.69 Å². The molecule has 0 aliphatic carbocycles. The highest BCUT2D eigenvalue weighted by molar-refractivity contribution is 5.96. The van der Waals surface area contributed by atoms with Crippen molar-refractivity contribution in [3.05, 3.63) is 65.7 Å². The van der Waals surface area contributed by atoms with Gasteiger partial charge in [-0.2, -0.15) is 0 Å². The number of para-hydroxylation sites is 1. The summed E-state index contributed by atoms with van der Waals surface area (Å²) in [6.07, 6.45) is 1.57. The van der Waals surface area contributed by atoms with Crippen LogP contribution < -0.4 is 5.32 Å². The zero-order valence-electron chi connectivity index (χ0n) is 16.3. The van der Waals surface area contributed by atoms with Crippen LogP contribution >= 0.6 is 0 Å². The monoisotopic (exact) mass is 391 g/mol. The fraction of sp³-hybridized carbons (Fsp3) is 0.348. The molecule has 1 N–H and O–H groups in total. The van der Waals surface area contributed by atoms with Gasteiger partial charge in [0.1, 0.15) is 0 Å². The van der Waals surface area contributed by atoms with Gasteiger partial charge in [0.05, 0.1) is 0 Å². The molecule has 29 heavy (non-hydrogen) atoms. The number of amides is 3. The van der Waals surface area contributed by atoms with E-state index in [2.05, 4.69) is 5.32 Å². The predicted octanol–water partition coefficient (Wildman–Crippen LogP) is 2.56. The van der Waals surface area contributed by atoms with Gasteiger partial charge < -0.3 is 15.1 Å². The molecule has 2 aliphatic rings. The zero-order valence-corrected chi connectivity index (χ0v) is 16.3. The maximum absolute atomic E-state index is 12.6. The quantitative estimate of drug-likeness (QED) is 0.871. The van der Waals surface area contributed by atoms with Gasteiger partial charge in [0.25, 0.3) is 5.91 Å². The highest BCUT2D eigenvalue weighted by Gasteiger charge is 2.28. The van der Waals surface area contributed by atoms with Gasteiger partial charge in [-0.1, -0.05) is 36.4 Å². The number of piperazine rings is 1. The number of rotatable bonds is 4. The van der Waals surface area contributed by atoms with Crippen molar-refractivity contribution in [2.75, 3.05) is 31.5 Å². The van der Waals surface area contributed by atoms with Crippen molar-refractivity contribution < 1.29 is 14.4 Å². The lowest BCUT2D eigenvalue weighted by Gasteiger charge is -2.35. The van der Waals surface area contributed by atoms with E-state index in [4.69, 9.17) is 0 Å². The number of nitrogens with one attached hydrogen (secondary N) is 1. The molecule has 1 atom stereocenters. The van der Waals surface area contributed by atoms with E-state index in [1.165, 1.54) is 0 Å². The number of hydrogen-bond acceptors (Lipinski definition) is 3. The molecule has 0 bridgehead atoms. The minimum absolute atomic E-state index is 0.00484. The number of nitrogens with zero attached hydrogens (tertiary/aromatic N) is 2. The maximum Gasteiger partial charge on any atom is 0.253 e. The van der Waals surface area contributed by atoms with Crippen molar-refractivity contribution in [1.29, 1.82) is 0 Å². The van der Waals surface area contributed by atoms with Crippen LogP contribution in [-0.2, 0) is 16.0 Å². The first-order chi connectivity index (χ1) is 14.1. The summed E-state index contributed by atoms with van der Waals surface area (Å²) >= 11 is 0. The lowest BCUT2D eigenvalue weighted by molar-refractivity contribution is -0.133. The summed E-state index contributed by atoms with van der Waals surface area (Å²) in [7, 11) is 0. The second-order valence-corrected chi connectivity index (χ2v) is 7.63. The Morgan fingerprint density at radius 3 is 2.31 bits per heavy atom. The van der Waals surface area contributed by atoms with E-state index >= 15 is 0 Å². The molecule has 6 nitrogen and oxygen atoms in total. The van der Waals surface area contributed by atoms with E-state index in [1.807, 2.05) is 59.5 Å². The SMILES string of the molecule is O=C1Nc2ccccc2CC1CCC(=O)N1CCN(C(=O)c2ccccc2)CC1. The van der Waals surface area contributed by atoms with Gasteiger partial charge >= 0.3 is 0 Å². The molecular weight excluding hydrogens is 366 g/mol. The Morgan fingerprint density at radius 1 is 0.897 bits per heavy atom. The second kappa shape index (κ2) is 8.47. The van der Waals surface area contributed by atoms with E-state index in [-0.39, 0.29) is 23.6 Å². The van der Waals surface area contributed by atoms with Crippen LogP contribution in [0.25, 0.3) is 0 Å². The molecule has 1 fully saturated rings. The Morgan fingerprint density at radius 2 is 1.55 bits per heavy atom. The van der Waals surface area contributed by atoms with Gasteiger partial charge in [-0.15, -0.1) is 0 Å². The van der Waals surface area contributed by atoms with Crippen LogP contribution in [0, 0.1) is 5.92 Å². The lowest BCUT2D eigenvalue weighted by Crippen LogP contribution is -2.50. The summed E-state index contributed by atoms with van der Waals surface area (Å²) in [5, 5.41) is 2.94. The molecular formula is C23H25N3O3. The highest BCUT2D eigenvalue weighted by atomic mass is 16.2. The van der Waals surface area contributed by atoms with Crippen molar-refractivity contribution in [3.63, 3.8) is 0 Å². The number of carbonyl (C=O) groups is 3. The molecule has 3 amide bonds. The molecule has 1 unspecified atom stereocenters. The molecule has 4 rings (SSSR count). The number of fused-ring (bicyclic) bond motifs is 1. The molecule has 2 aromatic carbocycles. The van der Waals surface area contributed by atoms with Crippen LogP contribution in [0.3, 0.4) is 0 Å². The Kier molecular flexibility index (Phi) is 5.60. The van der Waals surface area contributed by atoms with Gasteiger partial charge in [-0.25, -0.2) is 0 Å². The fourth-order valence-electron chi connectivity index (χ4n) is 4.02. The summed E-state index contributed by atoms with van der Waals surface area (Å²) in [6, 6.07) is 17.0. The Hall–Kier alpha value is -3.15. The summed E-state index contributed by atoms with van der Waals surface area (Å²) < 4.78 is 0. The van der Waals surface area contributed by atoms with Crippen molar-refractivity contribution in [1.82, 2.24) is 9.80 Å². The first kappa shape index (κ1) is 19.2. The number of carbonyl (C=O) groups excluding carboxylic acids is 3. The highest BCUT2D eigenvalue weighted by Crippen LogP contribution is 2.27. The largest absolute Gasteiger partial charge is 0.339 e. The molecule has 0 radical (unpaired) electrons. The van der Waals surface area contributed by atoms with Crippen LogP contribution in [0.5, 0.6) is 0 Å². The normalized spacial score (nSPS) is 18.8. The van der Waals surface area contributed by atoms with Gasteiger partial charge in [0.2, 0.25) is 11.8 Å². The molecule has 150 valence electrons. The van der Waals surface area contributed by atoms with Crippen molar-refractivity contribution >= 4 is 23.4 Å². The van der Waals surface area contributed by atoms with E-state index in [0.717, 1.165) is 11.3 Å². The molecule has 6 heteroatoms. The predicted molar refractivity (Wildman–Crippen MR) is 110 cm³/mol. The van der Waals surface area contributed by atoms with Crippen molar-refractivity contribution in [2.24, 2.45) is 5.92 Å². The third-order valence-corrected chi connectivity index (χ3v) is 5.76. The molecule has 2 heterocycles. The first-order valence-electron chi connectivity index (χ1n) is 10.1. The molecule has 2 aromatic rings. The van der Waals surface area contributed by atoms with Gasteiger partial charge in [-0.05, 0) is 36.6 Å². The van der Waals surface area contributed by atoms with Gasteiger partial charge in [-0.3, -0.25) is 14.4 Å². The summed E-state index contributed by atoms with van der Waals surface area (Å²) in [6.45, 7) is 2.15. The summed E-state index contributed by atoms with van der Waals surface area (Å²) in [4.78, 5) is 41.1. The lowest BCUT2D eigenvalue weighted by atomic mass is 9.89. The summed E-state index contributed by atoms with van der Waals surface area (Å²) in [5.74, 6) is -0.108. The number of anilines is 1. The van der Waals surface area contributed by atoms with Crippen LogP contribution in [-0.4, -0.2) is 53.7 Å².